The molecule has 0 aliphatic carbocycles. The summed E-state index contributed by atoms with van der Waals surface area (Å²) in [6.07, 6.45) is 4.37. The molecule has 1 unspecified atom stereocenters. The topological polar surface area (TPSA) is 78.0 Å². The Morgan fingerprint density at radius 2 is 2.00 bits per heavy atom. The molecule has 18 heavy (non-hydrogen) atoms. The molecule has 0 saturated heterocycles. The van der Waals surface area contributed by atoms with E-state index in [9.17, 15) is 8.42 Å². The monoisotopic (exact) mass is 265 g/mol. The van der Waals surface area contributed by atoms with Gasteiger partial charge in [-0.15, -0.1) is 0 Å². The summed E-state index contributed by atoms with van der Waals surface area (Å²) in [7, 11) is -3.11. The second kappa shape index (κ2) is 4.81. The molecule has 2 rings (SSSR count). The summed E-state index contributed by atoms with van der Waals surface area (Å²) in [6.45, 7) is 0. The molecule has 2 aromatic rings. The average Bonchev–Trinajstić information content (AvgIpc) is 2.73. The Morgan fingerprint density at radius 1 is 1.33 bits per heavy atom. The Labute approximate surface area is 106 Å². The van der Waals surface area contributed by atoms with Gasteiger partial charge in [-0.05, 0) is 5.56 Å². The fraction of sp³-hybridized carbons (Fsp3) is 0.250. The second-order valence-corrected chi connectivity index (χ2v) is 6.46. The lowest BCUT2D eigenvalue weighted by Gasteiger charge is -2.17. The fourth-order valence-electron chi connectivity index (χ4n) is 1.81. The molecule has 0 radical (unpaired) electrons. The van der Waals surface area contributed by atoms with Gasteiger partial charge in [0.1, 0.15) is 9.84 Å². The van der Waals surface area contributed by atoms with Gasteiger partial charge in [0.2, 0.25) is 0 Å². The summed E-state index contributed by atoms with van der Waals surface area (Å²) >= 11 is 0. The van der Waals surface area contributed by atoms with Crippen LogP contribution in [0, 0.1) is 0 Å². The molecule has 1 atom stereocenters. The highest BCUT2D eigenvalue weighted by Gasteiger charge is 2.19. The highest BCUT2D eigenvalue weighted by molar-refractivity contribution is 7.90. The maximum atomic E-state index is 11.5. The molecule has 1 aromatic carbocycles. The van der Waals surface area contributed by atoms with Gasteiger partial charge in [0, 0.05) is 12.5 Å². The molecule has 0 aliphatic heterocycles. The summed E-state index contributed by atoms with van der Waals surface area (Å²) in [5, 5.41) is 4.10. The Hall–Kier alpha value is -1.82. The van der Waals surface area contributed by atoms with Crippen molar-refractivity contribution in [1.29, 1.82) is 0 Å². The molecule has 0 aliphatic rings. The second-order valence-electron chi connectivity index (χ2n) is 4.27. The van der Waals surface area contributed by atoms with E-state index in [0.29, 0.717) is 5.69 Å². The molecule has 2 N–H and O–H groups in total. The molecule has 0 fully saturated rings. The van der Waals surface area contributed by atoms with Crippen LogP contribution in [0.15, 0.2) is 42.7 Å². The Bertz CT molecular complexity index is 620. The minimum atomic E-state index is -3.11. The first kappa shape index (κ1) is 12.6. The number of rotatable bonds is 4. The van der Waals surface area contributed by atoms with Gasteiger partial charge in [-0.3, -0.25) is 4.68 Å². The van der Waals surface area contributed by atoms with Crippen LogP contribution in [0.25, 0.3) is 0 Å². The first-order valence-corrected chi connectivity index (χ1v) is 7.54. The van der Waals surface area contributed by atoms with Gasteiger partial charge >= 0.3 is 0 Å². The molecule has 1 aromatic heterocycles. The van der Waals surface area contributed by atoms with Crippen LogP contribution < -0.4 is 5.73 Å². The zero-order valence-electron chi connectivity index (χ0n) is 10.0. The lowest BCUT2D eigenvalue weighted by atomic mass is 10.1. The highest BCUT2D eigenvalue weighted by Crippen LogP contribution is 2.20. The number of nitrogens with zero attached hydrogens (tertiary/aromatic N) is 2. The minimum Gasteiger partial charge on any atom is -0.396 e. The smallest absolute Gasteiger partial charge is 0.149 e. The third-order valence-corrected chi connectivity index (χ3v) is 3.51. The molecule has 5 nitrogen and oxygen atoms in total. The van der Waals surface area contributed by atoms with Crippen LogP contribution in [0.5, 0.6) is 0 Å². The van der Waals surface area contributed by atoms with Gasteiger partial charge in [0.05, 0.1) is 23.7 Å². The largest absolute Gasteiger partial charge is 0.396 e. The highest BCUT2D eigenvalue weighted by atomic mass is 32.2. The number of hydrogen-bond acceptors (Lipinski definition) is 4. The molecule has 0 saturated carbocycles. The Balaban J connectivity index is 2.41. The lowest BCUT2D eigenvalue weighted by Crippen LogP contribution is -2.20. The standard InChI is InChI=1S/C12H15N3O2S/c1-18(16,17)9-12(10-5-3-2-4-6-10)15-8-11(13)7-14-15/h2-8,12H,9,13H2,1H3. The maximum Gasteiger partial charge on any atom is 0.149 e. The number of nitrogen functional groups attached to an aromatic ring is 1. The summed E-state index contributed by atoms with van der Waals surface area (Å²) in [6, 6.07) is 9.05. The SMILES string of the molecule is CS(=O)(=O)CC(c1ccccc1)n1cc(N)cn1. The number of benzene rings is 1. The van der Waals surface area contributed by atoms with Crippen molar-refractivity contribution in [2.24, 2.45) is 0 Å². The molecular weight excluding hydrogens is 250 g/mol. The van der Waals surface area contributed by atoms with Crippen molar-refractivity contribution in [3.05, 3.63) is 48.3 Å². The van der Waals surface area contributed by atoms with Gasteiger partial charge in [-0.2, -0.15) is 5.10 Å². The van der Waals surface area contributed by atoms with Crippen LogP contribution in [0.2, 0.25) is 0 Å². The predicted molar refractivity (Wildman–Crippen MR) is 70.9 cm³/mol. The quantitative estimate of drug-likeness (QED) is 0.898. The van der Waals surface area contributed by atoms with Crippen LogP contribution in [0.4, 0.5) is 5.69 Å². The Morgan fingerprint density at radius 3 is 2.50 bits per heavy atom. The molecule has 0 spiro atoms. The lowest BCUT2D eigenvalue weighted by molar-refractivity contribution is 0.544. The summed E-state index contributed by atoms with van der Waals surface area (Å²) < 4.78 is 24.6. The number of hydrogen-bond donors (Lipinski definition) is 1. The number of sulfone groups is 1. The molecule has 6 heteroatoms. The van der Waals surface area contributed by atoms with Crippen LogP contribution in [0.3, 0.4) is 0 Å². The van der Waals surface area contributed by atoms with Crippen LogP contribution in [-0.4, -0.2) is 30.2 Å². The van der Waals surface area contributed by atoms with Crippen molar-refractivity contribution in [2.75, 3.05) is 17.7 Å². The van der Waals surface area contributed by atoms with E-state index >= 15 is 0 Å². The number of nitrogens with two attached hydrogens (primary N) is 1. The van der Waals surface area contributed by atoms with Crippen molar-refractivity contribution in [3.63, 3.8) is 0 Å². The van der Waals surface area contributed by atoms with E-state index < -0.39 is 9.84 Å². The van der Waals surface area contributed by atoms with Gasteiger partial charge in [0.15, 0.2) is 0 Å². The summed E-state index contributed by atoms with van der Waals surface area (Å²) in [5.74, 6) is -0.00185. The van der Waals surface area contributed by atoms with Gasteiger partial charge in [0.25, 0.3) is 0 Å². The van der Waals surface area contributed by atoms with E-state index in [1.165, 1.54) is 12.5 Å². The third kappa shape index (κ3) is 3.10. The van der Waals surface area contributed by atoms with E-state index in [1.54, 1.807) is 10.9 Å². The van der Waals surface area contributed by atoms with Crippen molar-refractivity contribution >= 4 is 15.5 Å². The molecule has 0 amide bonds. The zero-order chi connectivity index (χ0) is 13.2. The van der Waals surface area contributed by atoms with E-state index in [0.717, 1.165) is 5.56 Å². The summed E-state index contributed by atoms with van der Waals surface area (Å²) in [4.78, 5) is 0. The molecular formula is C12H15N3O2S. The third-order valence-electron chi connectivity index (χ3n) is 2.59. The van der Waals surface area contributed by atoms with Crippen molar-refractivity contribution in [3.8, 4) is 0 Å². The molecule has 0 bridgehead atoms. The average molecular weight is 265 g/mol. The maximum absolute atomic E-state index is 11.5. The van der Waals surface area contributed by atoms with Crippen LogP contribution >= 0.6 is 0 Å². The molecule has 1 heterocycles. The first-order valence-electron chi connectivity index (χ1n) is 5.48. The van der Waals surface area contributed by atoms with Gasteiger partial charge in [-0.1, -0.05) is 30.3 Å². The Kier molecular flexibility index (Phi) is 3.38. The van der Waals surface area contributed by atoms with Crippen LogP contribution in [-0.2, 0) is 9.84 Å². The predicted octanol–water partition coefficient (Wildman–Crippen LogP) is 1.10. The van der Waals surface area contributed by atoms with E-state index in [4.69, 9.17) is 5.73 Å². The van der Waals surface area contributed by atoms with Crippen LogP contribution in [0.1, 0.15) is 11.6 Å². The zero-order valence-corrected chi connectivity index (χ0v) is 10.8. The fourth-order valence-corrected chi connectivity index (χ4v) is 2.73. The number of aromatic nitrogens is 2. The molecule has 96 valence electrons. The van der Waals surface area contributed by atoms with Gasteiger partial charge < -0.3 is 5.73 Å². The minimum absolute atomic E-state index is 0.00185. The normalized spacial score (nSPS) is 13.4. The van der Waals surface area contributed by atoms with E-state index in [2.05, 4.69) is 5.10 Å². The van der Waals surface area contributed by atoms with E-state index in [-0.39, 0.29) is 11.8 Å². The number of anilines is 1. The van der Waals surface area contributed by atoms with Gasteiger partial charge in [-0.25, -0.2) is 8.42 Å². The van der Waals surface area contributed by atoms with E-state index in [1.807, 2.05) is 30.3 Å². The van der Waals surface area contributed by atoms with Crippen molar-refractivity contribution in [1.82, 2.24) is 9.78 Å². The van der Waals surface area contributed by atoms with Crippen molar-refractivity contribution < 1.29 is 8.42 Å². The summed E-state index contributed by atoms with van der Waals surface area (Å²) in [5.41, 5.74) is 7.04. The van der Waals surface area contributed by atoms with Crippen molar-refractivity contribution in [2.45, 2.75) is 6.04 Å². The first-order chi connectivity index (χ1) is 8.46.